The van der Waals surface area contributed by atoms with Gasteiger partial charge in [0.15, 0.2) is 0 Å². The van der Waals surface area contributed by atoms with Crippen molar-refractivity contribution in [3.05, 3.63) is 77.5 Å². The fourth-order valence-electron chi connectivity index (χ4n) is 4.25. The molecule has 0 spiro atoms. The van der Waals surface area contributed by atoms with Crippen LogP contribution in [0.4, 0.5) is 5.82 Å². The summed E-state index contributed by atoms with van der Waals surface area (Å²) in [5.74, 6) is 0.254. The minimum Gasteiger partial charge on any atom is -0.344 e. The summed E-state index contributed by atoms with van der Waals surface area (Å²) >= 11 is 0. The molecule has 37 heavy (non-hydrogen) atoms. The normalized spacial score (nSPS) is 12.2. The number of nitrogens with one attached hydrogen (secondary N) is 2. The quantitative estimate of drug-likeness (QED) is 0.277. The van der Waals surface area contributed by atoms with Crippen molar-refractivity contribution in [2.24, 2.45) is 0 Å². The van der Waals surface area contributed by atoms with Crippen LogP contribution in [0, 0.1) is 6.92 Å². The van der Waals surface area contributed by atoms with Crippen LogP contribution in [-0.4, -0.2) is 27.6 Å². The lowest BCUT2D eigenvalue weighted by Crippen LogP contribution is -2.45. The second kappa shape index (κ2) is 13.2. The molecule has 3 aromatic rings. The zero-order valence-corrected chi connectivity index (χ0v) is 23.0. The van der Waals surface area contributed by atoms with Crippen LogP contribution in [0.25, 0.3) is 5.69 Å². The van der Waals surface area contributed by atoms with Crippen molar-refractivity contribution >= 4 is 17.6 Å². The summed E-state index contributed by atoms with van der Waals surface area (Å²) in [6, 6.07) is 19.0. The van der Waals surface area contributed by atoms with E-state index in [4.69, 9.17) is 5.10 Å². The van der Waals surface area contributed by atoms with Crippen LogP contribution in [0.2, 0.25) is 0 Å². The molecule has 0 saturated carbocycles. The van der Waals surface area contributed by atoms with E-state index in [1.807, 2.05) is 67.6 Å². The Hall–Kier alpha value is -3.41. The highest BCUT2D eigenvalue weighted by molar-refractivity contribution is 5.97. The van der Waals surface area contributed by atoms with Crippen molar-refractivity contribution in [3.8, 4) is 5.69 Å². The molecule has 1 heterocycles. The van der Waals surface area contributed by atoms with Crippen molar-refractivity contribution in [1.29, 1.82) is 0 Å². The summed E-state index contributed by atoms with van der Waals surface area (Å²) in [7, 11) is 0. The van der Waals surface area contributed by atoms with Crippen molar-refractivity contribution in [3.63, 3.8) is 0 Å². The first-order valence-electron chi connectivity index (χ1n) is 13.5. The van der Waals surface area contributed by atoms with E-state index in [0.29, 0.717) is 18.7 Å². The Kier molecular flexibility index (Phi) is 10.1. The Balaban J connectivity index is 1.83. The number of amides is 2. The average Bonchev–Trinajstić information content (AvgIpc) is 3.28. The number of carbonyl (C=O) groups excluding carboxylic acids is 2. The third-order valence-corrected chi connectivity index (χ3v) is 6.51. The number of para-hydroxylation sites is 1. The molecule has 0 bridgehead atoms. The highest BCUT2D eigenvalue weighted by Gasteiger charge is 2.26. The molecule has 1 aromatic heterocycles. The van der Waals surface area contributed by atoms with Crippen LogP contribution in [0.15, 0.2) is 60.7 Å². The molecule has 0 radical (unpaired) electrons. The van der Waals surface area contributed by atoms with Crippen LogP contribution >= 0.6 is 0 Å². The molecule has 6 heteroatoms. The summed E-state index contributed by atoms with van der Waals surface area (Å²) in [4.78, 5) is 26.4. The molecule has 3 rings (SSSR count). The van der Waals surface area contributed by atoms with E-state index in [2.05, 4.69) is 38.3 Å². The van der Waals surface area contributed by atoms with Crippen LogP contribution in [0.1, 0.15) is 83.0 Å². The number of aryl methyl sites for hydroxylation is 1. The molecule has 6 nitrogen and oxygen atoms in total. The first kappa shape index (κ1) is 28.2. The van der Waals surface area contributed by atoms with Gasteiger partial charge in [-0.2, -0.15) is 5.10 Å². The number of benzene rings is 2. The van der Waals surface area contributed by atoms with Crippen molar-refractivity contribution in [2.45, 2.75) is 91.0 Å². The number of anilines is 1. The standard InChI is InChI=1S/C31H42N4O2/c1-6-7-8-9-13-20-29(36)32-25(21-24-17-11-10-12-18-24)30(37)33-28-22-27(31(3,4)5)34-35(28)26-19-15-14-16-23(26)2/h10-12,14-19,22,25H,6-9,13,20-21H2,1-5H3,(H,32,36)(H,33,37). The van der Waals surface area contributed by atoms with Gasteiger partial charge in [-0.05, 0) is 30.5 Å². The van der Waals surface area contributed by atoms with Gasteiger partial charge in [0, 0.05) is 24.3 Å². The summed E-state index contributed by atoms with van der Waals surface area (Å²) in [6.45, 7) is 10.5. The Labute approximate surface area is 221 Å². The van der Waals surface area contributed by atoms with Crippen LogP contribution in [0.5, 0.6) is 0 Å². The minimum absolute atomic E-state index is 0.0876. The molecular formula is C31H42N4O2. The van der Waals surface area contributed by atoms with E-state index in [9.17, 15) is 9.59 Å². The zero-order valence-electron chi connectivity index (χ0n) is 23.0. The Morgan fingerprint density at radius 1 is 0.946 bits per heavy atom. The SMILES string of the molecule is CCCCCCCC(=O)NC(Cc1ccccc1)C(=O)Nc1cc(C(C)(C)C)nn1-c1ccccc1C. The molecule has 1 atom stereocenters. The van der Waals surface area contributed by atoms with Gasteiger partial charge in [-0.15, -0.1) is 0 Å². The molecule has 0 aliphatic rings. The molecule has 0 aliphatic carbocycles. The lowest BCUT2D eigenvalue weighted by Gasteiger charge is -2.19. The maximum atomic E-state index is 13.6. The van der Waals surface area contributed by atoms with E-state index in [1.54, 1.807) is 4.68 Å². The van der Waals surface area contributed by atoms with E-state index in [1.165, 1.54) is 12.8 Å². The van der Waals surface area contributed by atoms with Gasteiger partial charge in [-0.3, -0.25) is 9.59 Å². The Morgan fingerprint density at radius 3 is 2.30 bits per heavy atom. The molecule has 2 aromatic carbocycles. The maximum absolute atomic E-state index is 13.6. The summed E-state index contributed by atoms with van der Waals surface area (Å²) < 4.78 is 1.79. The van der Waals surface area contributed by atoms with Gasteiger partial charge in [0.2, 0.25) is 11.8 Å². The third-order valence-electron chi connectivity index (χ3n) is 6.51. The van der Waals surface area contributed by atoms with Gasteiger partial charge in [0.25, 0.3) is 0 Å². The van der Waals surface area contributed by atoms with Gasteiger partial charge in [0.1, 0.15) is 11.9 Å². The van der Waals surface area contributed by atoms with Gasteiger partial charge < -0.3 is 10.6 Å². The van der Waals surface area contributed by atoms with Gasteiger partial charge in [-0.25, -0.2) is 4.68 Å². The number of hydrogen-bond donors (Lipinski definition) is 2. The number of carbonyl (C=O) groups is 2. The highest BCUT2D eigenvalue weighted by Crippen LogP contribution is 2.27. The van der Waals surface area contributed by atoms with Gasteiger partial charge >= 0.3 is 0 Å². The second-order valence-corrected chi connectivity index (χ2v) is 10.8. The first-order chi connectivity index (χ1) is 17.7. The van der Waals surface area contributed by atoms with E-state index >= 15 is 0 Å². The van der Waals surface area contributed by atoms with Crippen molar-refractivity contribution in [1.82, 2.24) is 15.1 Å². The topological polar surface area (TPSA) is 76.0 Å². The summed E-state index contributed by atoms with van der Waals surface area (Å²) in [6.07, 6.45) is 6.20. The third kappa shape index (κ3) is 8.31. The van der Waals surface area contributed by atoms with E-state index in [0.717, 1.165) is 41.8 Å². The molecule has 2 N–H and O–H groups in total. The largest absolute Gasteiger partial charge is 0.344 e. The van der Waals surface area contributed by atoms with Gasteiger partial charge in [-0.1, -0.05) is 102 Å². The molecular weight excluding hydrogens is 460 g/mol. The lowest BCUT2D eigenvalue weighted by molar-refractivity contribution is -0.126. The number of hydrogen-bond acceptors (Lipinski definition) is 3. The molecule has 0 aliphatic heterocycles. The number of nitrogens with zero attached hydrogens (tertiary/aromatic N) is 2. The molecule has 1 unspecified atom stereocenters. The van der Waals surface area contributed by atoms with Crippen LogP contribution < -0.4 is 10.6 Å². The van der Waals surface area contributed by atoms with E-state index < -0.39 is 6.04 Å². The monoisotopic (exact) mass is 502 g/mol. The van der Waals surface area contributed by atoms with Crippen LogP contribution in [0.3, 0.4) is 0 Å². The average molecular weight is 503 g/mol. The predicted octanol–water partition coefficient (Wildman–Crippen LogP) is 6.50. The molecule has 198 valence electrons. The molecule has 0 saturated heterocycles. The number of aromatic nitrogens is 2. The zero-order chi connectivity index (χ0) is 26.8. The number of rotatable bonds is 12. The fraction of sp³-hybridized carbons (Fsp3) is 0.452. The van der Waals surface area contributed by atoms with E-state index in [-0.39, 0.29) is 17.2 Å². The second-order valence-electron chi connectivity index (χ2n) is 10.8. The van der Waals surface area contributed by atoms with Crippen LogP contribution in [-0.2, 0) is 21.4 Å². The minimum atomic E-state index is -0.691. The Morgan fingerprint density at radius 2 is 1.62 bits per heavy atom. The smallest absolute Gasteiger partial charge is 0.248 e. The highest BCUT2D eigenvalue weighted by atomic mass is 16.2. The first-order valence-corrected chi connectivity index (χ1v) is 13.5. The summed E-state index contributed by atoms with van der Waals surface area (Å²) in [5, 5.41) is 10.9. The fourth-order valence-corrected chi connectivity index (χ4v) is 4.25. The molecule has 0 fully saturated rings. The predicted molar refractivity (Wildman–Crippen MR) is 151 cm³/mol. The lowest BCUT2D eigenvalue weighted by atomic mass is 9.92. The van der Waals surface area contributed by atoms with Crippen molar-refractivity contribution < 1.29 is 9.59 Å². The Bertz CT molecular complexity index is 1160. The van der Waals surface area contributed by atoms with Crippen molar-refractivity contribution in [2.75, 3.05) is 5.32 Å². The number of unbranched alkanes of at least 4 members (excludes halogenated alkanes) is 4. The maximum Gasteiger partial charge on any atom is 0.248 e. The van der Waals surface area contributed by atoms with Gasteiger partial charge in [0.05, 0.1) is 11.4 Å². The molecule has 2 amide bonds. The summed E-state index contributed by atoms with van der Waals surface area (Å²) in [5.41, 5.74) is 3.64.